The van der Waals surface area contributed by atoms with Gasteiger partial charge in [-0.1, -0.05) is 45.9 Å². The van der Waals surface area contributed by atoms with Gasteiger partial charge >= 0.3 is 6.03 Å². The number of rotatable bonds is 5. The Morgan fingerprint density at radius 3 is 2.61 bits per heavy atom. The van der Waals surface area contributed by atoms with Gasteiger partial charge in [-0.2, -0.15) is 0 Å². The van der Waals surface area contributed by atoms with Crippen molar-refractivity contribution in [2.75, 3.05) is 11.9 Å². The topological polar surface area (TPSA) is 41.1 Å². The molecule has 2 aromatic rings. The number of hydrogen-bond donors (Lipinski definition) is 2. The number of anilines is 1. The Hall–Kier alpha value is -2.36. The van der Waals surface area contributed by atoms with Gasteiger partial charge in [-0.25, -0.2) is 9.18 Å². The van der Waals surface area contributed by atoms with Crippen molar-refractivity contribution in [1.29, 1.82) is 0 Å². The van der Waals surface area contributed by atoms with Crippen molar-refractivity contribution in [3.05, 3.63) is 65.0 Å². The minimum atomic E-state index is -0.317. The normalized spacial score (nSPS) is 16.2. The second kappa shape index (κ2) is 10.8. The average Bonchev–Trinajstić information content (AvgIpc) is 2.74. The van der Waals surface area contributed by atoms with Crippen LogP contribution in [-0.2, 0) is 6.42 Å². The molecule has 2 atom stereocenters. The second-order valence-corrected chi connectivity index (χ2v) is 7.20. The zero-order valence-electron chi connectivity index (χ0n) is 17.5. The zero-order chi connectivity index (χ0) is 20.5. The molecule has 0 aliphatic heterocycles. The summed E-state index contributed by atoms with van der Waals surface area (Å²) < 4.78 is 12.9. The summed E-state index contributed by atoms with van der Waals surface area (Å²) in [4.78, 5) is 12.0. The molecule has 0 heterocycles. The van der Waals surface area contributed by atoms with E-state index >= 15 is 0 Å². The summed E-state index contributed by atoms with van der Waals surface area (Å²) in [5.41, 5.74) is 4.83. The summed E-state index contributed by atoms with van der Waals surface area (Å²) in [7, 11) is 0. The fraction of sp³-hybridized carbons (Fsp3) is 0.458. The third-order valence-electron chi connectivity index (χ3n) is 5.34. The Balaban J connectivity index is 0.00000204. The van der Waals surface area contributed by atoms with Crippen molar-refractivity contribution in [3.8, 4) is 0 Å². The number of fused-ring (bicyclic) bond motifs is 1. The molecule has 2 amide bonds. The van der Waals surface area contributed by atoms with Gasteiger partial charge in [0.1, 0.15) is 5.82 Å². The lowest BCUT2D eigenvalue weighted by Gasteiger charge is -2.26. The van der Waals surface area contributed by atoms with E-state index in [-0.39, 0.29) is 20.6 Å². The standard InChI is InChI=1S/C22H27FN2O.C2H6.2H2/c1-3-16-5-4-6-18-13-17(7-12-21(16)18)15(2)14-24-22(26)25-20-10-8-19(23)9-11-20;1-2;;/h7-13,15-16H,3-6,14H2,1-2H3,(H2,24,25,26);1-2H3;2*1H. The first-order valence-corrected chi connectivity index (χ1v) is 10.5. The highest BCUT2D eigenvalue weighted by molar-refractivity contribution is 5.89. The molecule has 0 aromatic heterocycles. The monoisotopic (exact) mass is 388 g/mol. The molecule has 0 spiro atoms. The van der Waals surface area contributed by atoms with Gasteiger partial charge in [-0.15, -0.1) is 0 Å². The van der Waals surface area contributed by atoms with Crippen molar-refractivity contribution in [2.45, 2.75) is 65.2 Å². The molecule has 2 N–H and O–H groups in total. The third-order valence-corrected chi connectivity index (χ3v) is 5.34. The van der Waals surface area contributed by atoms with Crippen molar-refractivity contribution in [3.63, 3.8) is 0 Å². The second-order valence-electron chi connectivity index (χ2n) is 7.20. The van der Waals surface area contributed by atoms with Crippen LogP contribution < -0.4 is 10.6 Å². The molecule has 1 aliphatic rings. The fourth-order valence-electron chi connectivity index (χ4n) is 3.74. The summed E-state index contributed by atoms with van der Waals surface area (Å²) in [5.74, 6) is 0.617. The molecule has 2 aromatic carbocycles. The van der Waals surface area contributed by atoms with Crippen LogP contribution in [0.15, 0.2) is 42.5 Å². The first kappa shape index (κ1) is 21.9. The Kier molecular flexibility index (Phi) is 8.49. The highest BCUT2D eigenvalue weighted by Crippen LogP contribution is 2.35. The first-order chi connectivity index (χ1) is 13.6. The van der Waals surface area contributed by atoms with E-state index in [0.717, 1.165) is 6.42 Å². The highest BCUT2D eigenvalue weighted by atomic mass is 19.1. The van der Waals surface area contributed by atoms with Crippen LogP contribution in [0, 0.1) is 5.82 Å². The molecule has 28 heavy (non-hydrogen) atoms. The molecule has 0 radical (unpaired) electrons. The molecule has 3 rings (SSSR count). The largest absolute Gasteiger partial charge is 0.337 e. The van der Waals surface area contributed by atoms with Crippen LogP contribution in [0.1, 0.15) is 78.3 Å². The minimum absolute atomic E-state index is 0. The Labute approximate surface area is 171 Å². The third kappa shape index (κ3) is 5.82. The van der Waals surface area contributed by atoms with Gasteiger partial charge in [0.25, 0.3) is 0 Å². The van der Waals surface area contributed by atoms with Crippen molar-refractivity contribution >= 4 is 11.7 Å². The maximum atomic E-state index is 12.9. The van der Waals surface area contributed by atoms with Gasteiger partial charge in [0.2, 0.25) is 0 Å². The SMILES string of the molecule is CC.CCC1CCCc2cc(C(C)CNC(=O)Nc3ccc(F)cc3)ccc21.[HH].[HH]. The Morgan fingerprint density at radius 2 is 1.93 bits per heavy atom. The van der Waals surface area contributed by atoms with Crippen molar-refractivity contribution < 1.29 is 12.0 Å². The predicted molar refractivity (Wildman–Crippen MR) is 120 cm³/mol. The number of benzene rings is 2. The number of aryl methyl sites for hydroxylation is 1. The van der Waals surface area contributed by atoms with Crippen LogP contribution in [0.3, 0.4) is 0 Å². The summed E-state index contributed by atoms with van der Waals surface area (Å²) in [6.45, 7) is 8.95. The zero-order valence-corrected chi connectivity index (χ0v) is 17.5. The molecule has 0 fully saturated rings. The summed E-state index contributed by atoms with van der Waals surface area (Å²) in [6, 6.07) is 12.3. The minimum Gasteiger partial charge on any atom is -0.337 e. The van der Waals surface area contributed by atoms with Gasteiger partial charge < -0.3 is 10.6 Å². The van der Waals surface area contributed by atoms with Crippen LogP contribution in [-0.4, -0.2) is 12.6 Å². The number of halogens is 1. The van der Waals surface area contributed by atoms with E-state index < -0.39 is 0 Å². The number of carbonyl (C=O) groups excluding carboxylic acids is 1. The number of amides is 2. The molecule has 2 unspecified atom stereocenters. The van der Waals surface area contributed by atoms with E-state index in [9.17, 15) is 9.18 Å². The quantitative estimate of drug-likeness (QED) is 0.563. The van der Waals surface area contributed by atoms with E-state index in [1.807, 2.05) is 13.8 Å². The molecule has 1 aliphatic carbocycles. The summed E-state index contributed by atoms with van der Waals surface area (Å²) in [6.07, 6.45) is 4.92. The van der Waals surface area contributed by atoms with Gasteiger partial charge in [0, 0.05) is 15.1 Å². The highest BCUT2D eigenvalue weighted by Gasteiger charge is 2.19. The molecule has 156 valence electrons. The summed E-state index contributed by atoms with van der Waals surface area (Å²) >= 11 is 0. The van der Waals surface area contributed by atoms with Crippen LogP contribution in [0.25, 0.3) is 0 Å². The van der Waals surface area contributed by atoms with Crippen LogP contribution >= 0.6 is 0 Å². The van der Waals surface area contributed by atoms with E-state index in [1.54, 1.807) is 12.1 Å². The Morgan fingerprint density at radius 1 is 1.21 bits per heavy atom. The smallest absolute Gasteiger partial charge is 0.319 e. The molecule has 0 bridgehead atoms. The van der Waals surface area contributed by atoms with Crippen LogP contribution in [0.5, 0.6) is 0 Å². The maximum Gasteiger partial charge on any atom is 0.319 e. The molecule has 3 nitrogen and oxygen atoms in total. The summed E-state index contributed by atoms with van der Waals surface area (Å²) in [5, 5.41) is 5.62. The molecular formula is C24H37FN2O. The van der Waals surface area contributed by atoms with Crippen LogP contribution in [0.4, 0.5) is 14.9 Å². The molecule has 4 heteroatoms. The van der Waals surface area contributed by atoms with E-state index in [0.29, 0.717) is 18.2 Å². The van der Waals surface area contributed by atoms with E-state index in [1.165, 1.54) is 48.1 Å². The van der Waals surface area contributed by atoms with Gasteiger partial charge in [-0.3, -0.25) is 0 Å². The van der Waals surface area contributed by atoms with E-state index in [2.05, 4.69) is 42.7 Å². The maximum absolute atomic E-state index is 12.9. The van der Waals surface area contributed by atoms with Gasteiger partial charge in [0.15, 0.2) is 0 Å². The molecular weight excluding hydrogens is 351 g/mol. The van der Waals surface area contributed by atoms with Crippen LogP contribution in [0.2, 0.25) is 0 Å². The lowest BCUT2D eigenvalue weighted by atomic mass is 9.80. The van der Waals surface area contributed by atoms with E-state index in [4.69, 9.17) is 0 Å². The first-order valence-electron chi connectivity index (χ1n) is 10.5. The van der Waals surface area contributed by atoms with Gasteiger partial charge in [0.05, 0.1) is 0 Å². The predicted octanol–water partition coefficient (Wildman–Crippen LogP) is 7.10. The average molecular weight is 389 g/mol. The van der Waals surface area contributed by atoms with Gasteiger partial charge in [-0.05, 0) is 78.5 Å². The number of carbonyl (C=O) groups is 1. The fourth-order valence-corrected chi connectivity index (χ4v) is 3.74. The molecule has 0 saturated carbocycles. The number of nitrogens with one attached hydrogen (secondary N) is 2. The lowest BCUT2D eigenvalue weighted by molar-refractivity contribution is 0.251. The molecule has 0 saturated heterocycles. The number of urea groups is 1. The number of hydrogen-bond acceptors (Lipinski definition) is 1. The van der Waals surface area contributed by atoms with Crippen molar-refractivity contribution in [2.24, 2.45) is 0 Å². The lowest BCUT2D eigenvalue weighted by Crippen LogP contribution is -2.31. The Bertz CT molecular complexity index is 768. The van der Waals surface area contributed by atoms with Crippen molar-refractivity contribution in [1.82, 2.24) is 5.32 Å².